The number of nitrogens with one attached hydrogen (secondary N) is 2. The van der Waals surface area contributed by atoms with Gasteiger partial charge in [-0.05, 0) is 43.4 Å². The molecule has 1 aliphatic carbocycles. The van der Waals surface area contributed by atoms with Gasteiger partial charge in [0.2, 0.25) is 0 Å². The molecule has 144 valence electrons. The molecule has 0 spiro atoms. The predicted molar refractivity (Wildman–Crippen MR) is 107 cm³/mol. The number of rotatable bonds is 6. The van der Waals surface area contributed by atoms with E-state index in [1.54, 1.807) is 0 Å². The Morgan fingerprint density at radius 3 is 2.70 bits per heavy atom. The first-order valence-electron chi connectivity index (χ1n) is 10.2. The Balaban J connectivity index is 1.46. The highest BCUT2D eigenvalue weighted by Crippen LogP contribution is 2.28. The van der Waals surface area contributed by atoms with E-state index in [0.717, 1.165) is 69.7 Å². The third kappa shape index (κ3) is 3.92. The zero-order valence-corrected chi connectivity index (χ0v) is 16.1. The summed E-state index contributed by atoms with van der Waals surface area (Å²) in [4.78, 5) is 15.2. The van der Waals surface area contributed by atoms with Crippen LogP contribution in [0.3, 0.4) is 0 Å². The highest BCUT2D eigenvalue weighted by molar-refractivity contribution is 5.94. The lowest BCUT2D eigenvalue weighted by atomic mass is 10.1. The van der Waals surface area contributed by atoms with E-state index in [0.29, 0.717) is 12.2 Å². The second kappa shape index (κ2) is 8.23. The van der Waals surface area contributed by atoms with Crippen molar-refractivity contribution in [3.8, 4) is 5.69 Å². The van der Waals surface area contributed by atoms with Gasteiger partial charge in [0.05, 0.1) is 5.69 Å². The summed E-state index contributed by atoms with van der Waals surface area (Å²) < 4.78 is 1.98. The first kappa shape index (κ1) is 18.2. The van der Waals surface area contributed by atoms with Gasteiger partial charge < -0.3 is 10.6 Å². The molecule has 1 aliphatic heterocycles. The van der Waals surface area contributed by atoms with E-state index >= 15 is 0 Å². The number of aryl methyl sites for hydroxylation is 1. The highest BCUT2D eigenvalue weighted by Gasteiger charge is 2.26. The molecule has 2 aliphatic rings. The Morgan fingerprint density at radius 1 is 1.19 bits per heavy atom. The molecule has 0 atom stereocenters. The molecule has 1 aromatic carbocycles. The van der Waals surface area contributed by atoms with Gasteiger partial charge in [-0.2, -0.15) is 5.10 Å². The van der Waals surface area contributed by atoms with Crippen molar-refractivity contribution in [2.75, 3.05) is 39.3 Å². The fourth-order valence-electron chi connectivity index (χ4n) is 4.05. The average Bonchev–Trinajstić information content (AvgIpc) is 3.31. The lowest BCUT2D eigenvalue weighted by Gasteiger charge is -2.27. The Hall–Kier alpha value is -2.18. The topological polar surface area (TPSA) is 62.2 Å². The number of carbonyl (C=O) groups excluding carboxylic acids is 1. The number of amides is 1. The number of fused-ring (bicyclic) bond motifs is 1. The minimum Gasteiger partial charge on any atom is -0.349 e. The molecule has 0 radical (unpaired) electrons. The SMILES string of the molecule is CCc1ccc(-n2nc(C(=O)NCCN3CCNCC3)c3c2CCC3)cc1. The van der Waals surface area contributed by atoms with Crippen LogP contribution >= 0.6 is 0 Å². The summed E-state index contributed by atoms with van der Waals surface area (Å²) in [5.74, 6) is -0.0350. The summed E-state index contributed by atoms with van der Waals surface area (Å²) in [6.07, 6.45) is 4.06. The first-order chi connectivity index (χ1) is 13.3. The van der Waals surface area contributed by atoms with Gasteiger partial charge in [-0.15, -0.1) is 0 Å². The summed E-state index contributed by atoms with van der Waals surface area (Å²) in [7, 11) is 0. The number of aromatic nitrogens is 2. The van der Waals surface area contributed by atoms with Crippen molar-refractivity contribution in [2.45, 2.75) is 32.6 Å². The van der Waals surface area contributed by atoms with Gasteiger partial charge in [0.1, 0.15) is 0 Å². The molecule has 1 aromatic heterocycles. The molecule has 1 amide bonds. The van der Waals surface area contributed by atoms with Crippen LogP contribution in [0.25, 0.3) is 5.69 Å². The Kier molecular flexibility index (Phi) is 5.55. The van der Waals surface area contributed by atoms with Crippen LogP contribution in [0.1, 0.15) is 40.7 Å². The lowest BCUT2D eigenvalue weighted by molar-refractivity contribution is 0.0941. The largest absolute Gasteiger partial charge is 0.349 e. The number of benzene rings is 1. The third-order valence-electron chi connectivity index (χ3n) is 5.66. The molecule has 0 unspecified atom stereocenters. The smallest absolute Gasteiger partial charge is 0.272 e. The quantitative estimate of drug-likeness (QED) is 0.813. The molecule has 1 saturated heterocycles. The van der Waals surface area contributed by atoms with Crippen molar-refractivity contribution < 1.29 is 4.79 Å². The predicted octanol–water partition coefficient (Wildman–Crippen LogP) is 1.56. The maximum Gasteiger partial charge on any atom is 0.272 e. The van der Waals surface area contributed by atoms with Gasteiger partial charge in [0, 0.05) is 50.5 Å². The standard InChI is InChI=1S/C21H29N5O/c1-2-16-6-8-17(9-7-16)26-19-5-3-4-18(19)20(24-26)21(27)23-12-15-25-13-10-22-11-14-25/h6-9,22H,2-5,10-15H2,1H3,(H,23,27). The van der Waals surface area contributed by atoms with Crippen molar-refractivity contribution in [3.63, 3.8) is 0 Å². The van der Waals surface area contributed by atoms with E-state index in [2.05, 4.69) is 46.7 Å². The summed E-state index contributed by atoms with van der Waals surface area (Å²) >= 11 is 0. The van der Waals surface area contributed by atoms with Gasteiger partial charge in [-0.3, -0.25) is 9.69 Å². The van der Waals surface area contributed by atoms with Crippen LogP contribution in [0.4, 0.5) is 0 Å². The Labute approximate surface area is 160 Å². The van der Waals surface area contributed by atoms with Crippen molar-refractivity contribution >= 4 is 5.91 Å². The van der Waals surface area contributed by atoms with Crippen LogP contribution < -0.4 is 10.6 Å². The number of hydrogen-bond donors (Lipinski definition) is 2. The van der Waals surface area contributed by atoms with Crippen molar-refractivity contribution in [2.24, 2.45) is 0 Å². The third-order valence-corrected chi connectivity index (χ3v) is 5.66. The molecule has 2 heterocycles. The van der Waals surface area contributed by atoms with Crippen LogP contribution in [0.2, 0.25) is 0 Å². The van der Waals surface area contributed by atoms with Crippen molar-refractivity contribution in [1.29, 1.82) is 0 Å². The van der Waals surface area contributed by atoms with Gasteiger partial charge in [-0.25, -0.2) is 4.68 Å². The van der Waals surface area contributed by atoms with Crippen LogP contribution in [-0.2, 0) is 19.3 Å². The van der Waals surface area contributed by atoms with Crippen LogP contribution in [0.5, 0.6) is 0 Å². The second-order valence-corrected chi connectivity index (χ2v) is 7.41. The molecule has 4 rings (SSSR count). The first-order valence-corrected chi connectivity index (χ1v) is 10.2. The molecule has 6 nitrogen and oxygen atoms in total. The fourth-order valence-corrected chi connectivity index (χ4v) is 4.05. The van der Waals surface area contributed by atoms with Gasteiger partial charge in [0.15, 0.2) is 5.69 Å². The molecule has 2 aromatic rings. The summed E-state index contributed by atoms with van der Waals surface area (Å²) in [5, 5.41) is 11.1. The van der Waals surface area contributed by atoms with E-state index in [4.69, 9.17) is 5.10 Å². The van der Waals surface area contributed by atoms with Crippen LogP contribution in [0.15, 0.2) is 24.3 Å². The Morgan fingerprint density at radius 2 is 1.96 bits per heavy atom. The number of hydrogen-bond acceptors (Lipinski definition) is 4. The molecule has 6 heteroatoms. The molecular formula is C21H29N5O. The maximum absolute atomic E-state index is 12.8. The maximum atomic E-state index is 12.8. The van der Waals surface area contributed by atoms with E-state index in [1.807, 2.05) is 4.68 Å². The number of nitrogens with zero attached hydrogens (tertiary/aromatic N) is 3. The second-order valence-electron chi connectivity index (χ2n) is 7.41. The van der Waals surface area contributed by atoms with Gasteiger partial charge in [0.25, 0.3) is 5.91 Å². The summed E-state index contributed by atoms with van der Waals surface area (Å²) in [5.41, 5.74) is 5.31. The van der Waals surface area contributed by atoms with E-state index in [-0.39, 0.29) is 5.91 Å². The van der Waals surface area contributed by atoms with E-state index < -0.39 is 0 Å². The lowest BCUT2D eigenvalue weighted by Crippen LogP contribution is -2.46. The molecule has 1 fully saturated rings. The number of piperazine rings is 1. The van der Waals surface area contributed by atoms with Crippen molar-refractivity contribution in [3.05, 3.63) is 46.8 Å². The van der Waals surface area contributed by atoms with Crippen LogP contribution in [0, 0.1) is 0 Å². The molecule has 0 saturated carbocycles. The summed E-state index contributed by atoms with van der Waals surface area (Å²) in [6.45, 7) is 7.89. The minimum absolute atomic E-state index is 0.0350. The summed E-state index contributed by atoms with van der Waals surface area (Å²) in [6, 6.07) is 8.50. The Bertz CT molecular complexity index is 790. The zero-order chi connectivity index (χ0) is 18.6. The van der Waals surface area contributed by atoms with E-state index in [9.17, 15) is 4.79 Å². The van der Waals surface area contributed by atoms with Crippen molar-refractivity contribution in [1.82, 2.24) is 25.3 Å². The van der Waals surface area contributed by atoms with E-state index in [1.165, 1.54) is 11.3 Å². The zero-order valence-electron chi connectivity index (χ0n) is 16.1. The molecule has 0 bridgehead atoms. The normalized spacial score (nSPS) is 17.1. The monoisotopic (exact) mass is 367 g/mol. The number of carbonyl (C=O) groups is 1. The minimum atomic E-state index is -0.0350. The van der Waals surface area contributed by atoms with Gasteiger partial charge in [-0.1, -0.05) is 19.1 Å². The van der Waals surface area contributed by atoms with Crippen LogP contribution in [-0.4, -0.2) is 59.9 Å². The highest BCUT2D eigenvalue weighted by atomic mass is 16.2. The fraction of sp³-hybridized carbons (Fsp3) is 0.524. The van der Waals surface area contributed by atoms with Gasteiger partial charge >= 0.3 is 0 Å². The molecule has 27 heavy (non-hydrogen) atoms. The molecule has 2 N–H and O–H groups in total. The molecular weight excluding hydrogens is 338 g/mol. The average molecular weight is 367 g/mol.